The zero-order valence-electron chi connectivity index (χ0n) is 16.7. The summed E-state index contributed by atoms with van der Waals surface area (Å²) in [7, 11) is 0. The molecule has 0 spiro atoms. The Balaban J connectivity index is 1.34. The number of amides is 1. The normalized spacial score (nSPS) is 13.6. The predicted molar refractivity (Wildman–Crippen MR) is 126 cm³/mol. The van der Waals surface area contributed by atoms with E-state index in [0.29, 0.717) is 28.5 Å². The van der Waals surface area contributed by atoms with Crippen LogP contribution in [-0.2, 0) is 10.5 Å². The molecule has 1 saturated carbocycles. The molecule has 0 unspecified atom stereocenters. The number of H-pyrrole nitrogens is 1. The Hall–Kier alpha value is -2.56. The van der Waals surface area contributed by atoms with Crippen molar-refractivity contribution in [2.24, 2.45) is 0 Å². The third-order valence-electron chi connectivity index (χ3n) is 5.00. The third-order valence-corrected chi connectivity index (χ3v) is 7.93. The molecule has 5 rings (SSSR count). The first kappa shape index (κ1) is 20.3. The van der Waals surface area contributed by atoms with E-state index in [1.54, 1.807) is 4.90 Å². The Bertz CT molecular complexity index is 1290. The summed E-state index contributed by atoms with van der Waals surface area (Å²) in [5.74, 6) is 1.16. The number of anilines is 1. The Morgan fingerprint density at radius 3 is 2.81 bits per heavy atom. The van der Waals surface area contributed by atoms with Crippen LogP contribution in [0, 0.1) is 0 Å². The van der Waals surface area contributed by atoms with Crippen LogP contribution < -0.4 is 10.5 Å². The lowest BCUT2D eigenvalue weighted by Gasteiger charge is -2.17. The first-order chi connectivity index (χ1) is 15.1. The van der Waals surface area contributed by atoms with Gasteiger partial charge in [0.25, 0.3) is 5.56 Å². The van der Waals surface area contributed by atoms with Crippen molar-refractivity contribution in [2.75, 3.05) is 4.90 Å². The first-order valence-electron chi connectivity index (χ1n) is 9.98. The molecule has 10 heteroatoms. The molecule has 1 amide bonds. The van der Waals surface area contributed by atoms with E-state index in [0.717, 1.165) is 33.1 Å². The average Bonchev–Trinajstić information content (AvgIpc) is 3.34. The number of carbonyl (C=O) groups excluding carboxylic acids is 1. The Morgan fingerprint density at radius 1 is 1.26 bits per heavy atom. The third kappa shape index (κ3) is 4.15. The van der Waals surface area contributed by atoms with Crippen LogP contribution in [-0.4, -0.2) is 32.1 Å². The number of nitrogens with zero attached hydrogens (tertiary/aromatic N) is 4. The lowest BCUT2D eigenvalue weighted by Crippen LogP contribution is -2.32. The van der Waals surface area contributed by atoms with Gasteiger partial charge in [-0.15, -0.1) is 21.5 Å². The maximum absolute atomic E-state index is 12.8. The molecular weight excluding hydrogens is 450 g/mol. The highest BCUT2D eigenvalue weighted by atomic mass is 32.2. The van der Waals surface area contributed by atoms with E-state index in [2.05, 4.69) is 20.2 Å². The van der Waals surface area contributed by atoms with Crippen LogP contribution >= 0.6 is 34.4 Å². The fraction of sp³-hybridized carbons (Fsp3) is 0.286. The topological polar surface area (TPSA) is 91.8 Å². The van der Waals surface area contributed by atoms with E-state index in [1.807, 2.05) is 42.6 Å². The number of hydrogen-bond acceptors (Lipinski definition) is 8. The molecule has 0 atom stereocenters. The number of thioether (sulfide) groups is 1. The van der Waals surface area contributed by atoms with Crippen LogP contribution in [0.4, 0.5) is 5.13 Å². The maximum atomic E-state index is 12.8. The van der Waals surface area contributed by atoms with Gasteiger partial charge in [0.1, 0.15) is 10.7 Å². The molecule has 3 heterocycles. The van der Waals surface area contributed by atoms with Gasteiger partial charge in [0, 0.05) is 23.4 Å². The maximum Gasteiger partial charge on any atom is 0.260 e. The number of hydrogen-bond donors (Lipinski definition) is 1. The van der Waals surface area contributed by atoms with Crippen LogP contribution in [0.3, 0.4) is 0 Å². The zero-order valence-corrected chi connectivity index (χ0v) is 19.1. The van der Waals surface area contributed by atoms with Gasteiger partial charge in [-0.1, -0.05) is 60.4 Å². The van der Waals surface area contributed by atoms with E-state index in [9.17, 15) is 9.59 Å². The van der Waals surface area contributed by atoms with E-state index in [-0.39, 0.29) is 17.5 Å². The summed E-state index contributed by atoms with van der Waals surface area (Å²) in [6.07, 6.45) is 2.49. The lowest BCUT2D eigenvalue weighted by molar-refractivity contribution is -0.118. The number of aromatic amines is 1. The molecule has 0 bridgehead atoms. The summed E-state index contributed by atoms with van der Waals surface area (Å²) < 4.78 is 0.753. The van der Waals surface area contributed by atoms with E-state index in [4.69, 9.17) is 0 Å². The lowest BCUT2D eigenvalue weighted by atomic mass is 10.1. The van der Waals surface area contributed by atoms with Crippen molar-refractivity contribution in [3.8, 4) is 11.1 Å². The van der Waals surface area contributed by atoms with Gasteiger partial charge in [-0.2, -0.15) is 0 Å². The summed E-state index contributed by atoms with van der Waals surface area (Å²) in [4.78, 5) is 35.1. The van der Waals surface area contributed by atoms with Crippen molar-refractivity contribution in [1.82, 2.24) is 20.2 Å². The molecule has 0 saturated heterocycles. The summed E-state index contributed by atoms with van der Waals surface area (Å²) in [5, 5.41) is 11.7. The second-order valence-electron chi connectivity index (χ2n) is 7.20. The Labute approximate surface area is 190 Å². The second kappa shape index (κ2) is 8.52. The first-order valence-corrected chi connectivity index (χ1v) is 12.7. The predicted octanol–water partition coefficient (Wildman–Crippen LogP) is 4.70. The van der Waals surface area contributed by atoms with Crippen LogP contribution in [0.5, 0.6) is 0 Å². The molecule has 158 valence electrons. The van der Waals surface area contributed by atoms with Crippen molar-refractivity contribution in [3.63, 3.8) is 0 Å². The van der Waals surface area contributed by atoms with Crippen molar-refractivity contribution >= 4 is 55.7 Å². The minimum absolute atomic E-state index is 0.0820. The number of rotatable bonds is 7. The average molecular weight is 470 g/mol. The number of carbonyl (C=O) groups is 1. The number of aromatic nitrogens is 4. The fourth-order valence-electron chi connectivity index (χ4n) is 3.35. The molecule has 1 aromatic carbocycles. The van der Waals surface area contributed by atoms with Gasteiger partial charge in [0.2, 0.25) is 11.0 Å². The van der Waals surface area contributed by atoms with Crippen molar-refractivity contribution in [3.05, 3.63) is 51.9 Å². The molecule has 31 heavy (non-hydrogen) atoms. The molecule has 0 aliphatic heterocycles. The largest absolute Gasteiger partial charge is 0.309 e. The highest BCUT2D eigenvalue weighted by Gasteiger charge is 2.35. The Kier molecular flexibility index (Phi) is 5.59. The number of thiophene rings is 1. The minimum atomic E-state index is -0.132. The van der Waals surface area contributed by atoms with Crippen LogP contribution in [0.2, 0.25) is 0 Å². The monoisotopic (exact) mass is 469 g/mol. The highest BCUT2D eigenvalue weighted by Crippen LogP contribution is 2.37. The van der Waals surface area contributed by atoms with E-state index in [1.165, 1.54) is 34.4 Å². The molecule has 4 aromatic rings. The Morgan fingerprint density at radius 2 is 2.06 bits per heavy atom. The van der Waals surface area contributed by atoms with E-state index < -0.39 is 0 Å². The summed E-state index contributed by atoms with van der Waals surface area (Å²) in [5.41, 5.74) is 1.78. The number of benzene rings is 1. The molecule has 1 aliphatic carbocycles. The number of nitrogens with one attached hydrogen (secondary N) is 1. The quantitative estimate of drug-likeness (QED) is 0.312. The van der Waals surface area contributed by atoms with Crippen molar-refractivity contribution < 1.29 is 4.79 Å². The molecule has 7 nitrogen and oxygen atoms in total. The summed E-state index contributed by atoms with van der Waals surface area (Å²) in [6.45, 7) is 1.86. The van der Waals surface area contributed by atoms with Crippen LogP contribution in [0.25, 0.3) is 21.3 Å². The molecule has 1 fully saturated rings. The standard InChI is InChI=1S/C21H19N5O2S3/c1-2-16(27)26(13-8-9-13)20-24-25-21(31-20)30-11-15-22-18(28)17-14(10-29-19(17)23-15)12-6-4-3-5-7-12/h3-7,10,13H,2,8-9,11H2,1H3,(H,22,23,28). The van der Waals surface area contributed by atoms with Gasteiger partial charge in [-0.3, -0.25) is 14.5 Å². The molecule has 0 radical (unpaired) electrons. The van der Waals surface area contributed by atoms with Gasteiger partial charge >= 0.3 is 0 Å². The van der Waals surface area contributed by atoms with Gasteiger partial charge < -0.3 is 4.98 Å². The van der Waals surface area contributed by atoms with Gasteiger partial charge in [-0.25, -0.2) is 4.98 Å². The summed E-state index contributed by atoms with van der Waals surface area (Å²) in [6, 6.07) is 10.1. The summed E-state index contributed by atoms with van der Waals surface area (Å²) >= 11 is 4.35. The van der Waals surface area contributed by atoms with Crippen molar-refractivity contribution in [2.45, 2.75) is 42.3 Å². The fourth-order valence-corrected chi connectivity index (χ4v) is 6.12. The van der Waals surface area contributed by atoms with E-state index >= 15 is 0 Å². The van der Waals surface area contributed by atoms with Gasteiger partial charge in [0.05, 0.1) is 11.1 Å². The smallest absolute Gasteiger partial charge is 0.260 e. The second-order valence-corrected chi connectivity index (χ2v) is 10.2. The minimum Gasteiger partial charge on any atom is -0.309 e. The van der Waals surface area contributed by atoms with Gasteiger partial charge in [0.15, 0.2) is 4.34 Å². The molecule has 3 aromatic heterocycles. The van der Waals surface area contributed by atoms with Crippen molar-refractivity contribution in [1.29, 1.82) is 0 Å². The SMILES string of the molecule is CCC(=O)N(c1nnc(SCc2nc3scc(-c4ccccc4)c3c(=O)[nH]2)s1)C1CC1. The zero-order chi connectivity index (χ0) is 21.4. The number of fused-ring (bicyclic) bond motifs is 1. The van der Waals surface area contributed by atoms with Crippen LogP contribution in [0.15, 0.2) is 44.8 Å². The molecule has 1 aliphatic rings. The molecular formula is C21H19N5O2S3. The molecule has 1 N–H and O–H groups in total. The van der Waals surface area contributed by atoms with Gasteiger partial charge in [-0.05, 0) is 18.4 Å². The van der Waals surface area contributed by atoms with Crippen LogP contribution in [0.1, 0.15) is 32.0 Å². The highest BCUT2D eigenvalue weighted by molar-refractivity contribution is 8.00.